The minimum absolute atomic E-state index is 0.0290. The van der Waals surface area contributed by atoms with Gasteiger partial charge in [0.1, 0.15) is 0 Å². The third kappa shape index (κ3) is 6.71. The molecule has 13 rings (SSSR count). The van der Waals surface area contributed by atoms with Gasteiger partial charge in [0.15, 0.2) is 11.5 Å². The average molecular weight is 875 g/mol. The minimum atomic E-state index is -0.0290. The van der Waals surface area contributed by atoms with E-state index in [0.29, 0.717) is 0 Å². The van der Waals surface area contributed by atoms with E-state index >= 15 is 0 Å². The lowest BCUT2D eigenvalue weighted by Crippen LogP contribution is -2.15. The molecular formula is C61H42N6O. The van der Waals surface area contributed by atoms with Gasteiger partial charge in [-0.25, -0.2) is 4.98 Å². The second-order valence-electron chi connectivity index (χ2n) is 17.3. The number of para-hydroxylation sites is 6. The number of fused-ring (bicyclic) bond motifs is 7. The second-order valence-corrected chi connectivity index (χ2v) is 17.3. The van der Waals surface area contributed by atoms with E-state index in [4.69, 9.17) is 14.7 Å². The van der Waals surface area contributed by atoms with E-state index in [2.05, 4.69) is 219 Å². The molecule has 0 radical (unpaired) electrons. The van der Waals surface area contributed by atoms with Crippen molar-refractivity contribution in [3.05, 3.63) is 276 Å². The van der Waals surface area contributed by atoms with Crippen LogP contribution in [0.4, 0.5) is 17.1 Å². The van der Waals surface area contributed by atoms with Crippen molar-refractivity contribution in [2.45, 2.75) is 11.8 Å². The van der Waals surface area contributed by atoms with Crippen LogP contribution in [0.1, 0.15) is 45.2 Å². The number of benzene rings is 8. The van der Waals surface area contributed by atoms with Crippen molar-refractivity contribution in [2.24, 2.45) is 0 Å². The summed E-state index contributed by atoms with van der Waals surface area (Å²) in [6.07, 6.45) is 5.69. The zero-order valence-corrected chi connectivity index (χ0v) is 36.8. The van der Waals surface area contributed by atoms with Crippen LogP contribution < -0.4 is 9.64 Å². The summed E-state index contributed by atoms with van der Waals surface area (Å²) in [7, 11) is 0. The lowest BCUT2D eigenvalue weighted by Gasteiger charge is -2.33. The number of pyridine rings is 2. The third-order valence-electron chi connectivity index (χ3n) is 13.3. The molecule has 0 saturated carbocycles. The summed E-state index contributed by atoms with van der Waals surface area (Å²) in [6.45, 7) is 0. The van der Waals surface area contributed by atoms with Gasteiger partial charge < -0.3 is 9.64 Å². The van der Waals surface area contributed by atoms with E-state index in [9.17, 15) is 0 Å². The van der Waals surface area contributed by atoms with Gasteiger partial charge in [0.2, 0.25) is 5.78 Å². The second kappa shape index (κ2) is 16.4. The molecule has 1 aliphatic rings. The smallest absolute Gasteiger partial charge is 0.220 e. The fourth-order valence-electron chi connectivity index (χ4n) is 10.2. The largest absolute Gasteiger partial charge is 0.453 e. The Morgan fingerprint density at radius 2 is 0.926 bits per heavy atom. The molecule has 0 amide bonds. The molecule has 0 spiro atoms. The number of hydrogen-bond acceptors (Lipinski definition) is 5. The van der Waals surface area contributed by atoms with Crippen LogP contribution in [-0.2, 0) is 0 Å². The highest BCUT2D eigenvalue weighted by atomic mass is 16.5. The maximum atomic E-state index is 6.31. The van der Waals surface area contributed by atoms with Gasteiger partial charge in [0, 0.05) is 47.4 Å². The first-order valence-corrected chi connectivity index (χ1v) is 23.0. The number of anilines is 3. The highest BCUT2D eigenvalue weighted by Crippen LogP contribution is 2.50. The van der Waals surface area contributed by atoms with Gasteiger partial charge in [-0.15, -0.1) is 0 Å². The number of hydrogen-bond donors (Lipinski definition) is 0. The molecule has 2 unspecified atom stereocenters. The first-order chi connectivity index (χ1) is 33.7. The monoisotopic (exact) mass is 874 g/mol. The van der Waals surface area contributed by atoms with Crippen LogP contribution in [0.5, 0.6) is 11.5 Å². The molecule has 0 bridgehead atoms. The van der Waals surface area contributed by atoms with Crippen LogP contribution >= 0.6 is 0 Å². The molecule has 7 nitrogen and oxygen atoms in total. The van der Waals surface area contributed by atoms with Gasteiger partial charge in [-0.1, -0.05) is 127 Å². The molecule has 0 aliphatic carbocycles. The van der Waals surface area contributed by atoms with Crippen molar-refractivity contribution >= 4 is 44.9 Å². The Hall–Kier alpha value is -9.07. The van der Waals surface area contributed by atoms with Crippen LogP contribution in [0.2, 0.25) is 0 Å². The van der Waals surface area contributed by atoms with Gasteiger partial charge >= 0.3 is 0 Å². The standard InChI is InChI=1S/C61H42N6O/c1-3-13-41(14-4-1)59(45-33-36-62-37-34-45)43-25-30-49(31-26-43)66-52-17-7-8-18-53(52)67-56-40-46(27-32-50(56)64-61(66)67)51-39-47(35-38-63-51)60(42-15-5-2-6-16-42)44-23-28-48(29-24-44)65-54-19-9-11-21-57(54)68-58-22-12-10-20-55(58)65/h1-40,59-60H. The number of ether oxygens (including phenoxy) is 1. The van der Waals surface area contributed by atoms with Crippen molar-refractivity contribution in [2.75, 3.05) is 4.90 Å². The number of nitrogens with zero attached hydrogens (tertiary/aromatic N) is 6. The summed E-state index contributed by atoms with van der Waals surface area (Å²) in [5.41, 5.74) is 17.4. The molecule has 0 fully saturated rings. The zero-order chi connectivity index (χ0) is 45.0. The number of imidazole rings is 2. The SMILES string of the molecule is c1ccc(C(c2ccncc2)c2ccc(-n3c4ccccc4n4c5cc(-c6cc(C(c7ccccc7)c7ccc(N8c9ccccc9Oc9ccccc98)cc7)ccn6)ccc5nc34)cc2)cc1. The Kier molecular flexibility index (Phi) is 9.49. The third-order valence-corrected chi connectivity index (χ3v) is 13.3. The van der Waals surface area contributed by atoms with Crippen LogP contribution in [0, 0.1) is 0 Å². The van der Waals surface area contributed by atoms with Gasteiger partial charge in [0.25, 0.3) is 0 Å². The molecule has 1 aliphatic heterocycles. The molecular weight excluding hydrogens is 833 g/mol. The summed E-state index contributed by atoms with van der Waals surface area (Å²) in [4.78, 5) is 16.9. The molecule has 5 heterocycles. The molecule has 68 heavy (non-hydrogen) atoms. The highest BCUT2D eigenvalue weighted by Gasteiger charge is 2.27. The van der Waals surface area contributed by atoms with Crippen LogP contribution in [-0.4, -0.2) is 23.9 Å². The minimum Gasteiger partial charge on any atom is -0.453 e. The van der Waals surface area contributed by atoms with Crippen molar-refractivity contribution in [3.63, 3.8) is 0 Å². The summed E-state index contributed by atoms with van der Waals surface area (Å²) in [5.74, 6) is 2.58. The summed E-state index contributed by atoms with van der Waals surface area (Å²) in [6, 6.07) is 79.4. The van der Waals surface area contributed by atoms with Crippen LogP contribution in [0.3, 0.4) is 0 Å². The van der Waals surface area contributed by atoms with Crippen LogP contribution in [0.15, 0.2) is 243 Å². The van der Waals surface area contributed by atoms with E-state index in [1.807, 2.05) is 42.9 Å². The van der Waals surface area contributed by atoms with Gasteiger partial charge in [-0.05, 0) is 130 Å². The predicted molar refractivity (Wildman–Crippen MR) is 273 cm³/mol. The van der Waals surface area contributed by atoms with E-state index in [0.717, 1.165) is 78.9 Å². The number of rotatable bonds is 9. The van der Waals surface area contributed by atoms with Crippen LogP contribution in [0.25, 0.3) is 44.8 Å². The Morgan fingerprint density at radius 1 is 0.397 bits per heavy atom. The first-order valence-electron chi connectivity index (χ1n) is 23.0. The van der Waals surface area contributed by atoms with Crippen molar-refractivity contribution in [1.82, 2.24) is 23.9 Å². The Balaban J connectivity index is 0.873. The zero-order valence-electron chi connectivity index (χ0n) is 36.8. The maximum absolute atomic E-state index is 6.31. The lowest BCUT2D eigenvalue weighted by molar-refractivity contribution is 0.477. The van der Waals surface area contributed by atoms with Crippen molar-refractivity contribution in [3.8, 4) is 28.4 Å². The summed E-state index contributed by atoms with van der Waals surface area (Å²) in [5, 5.41) is 0. The maximum Gasteiger partial charge on any atom is 0.220 e. The fourth-order valence-corrected chi connectivity index (χ4v) is 10.2. The molecule has 4 aromatic heterocycles. The molecule has 322 valence electrons. The molecule has 0 saturated heterocycles. The normalized spacial score (nSPS) is 13.0. The van der Waals surface area contributed by atoms with Gasteiger partial charge in [-0.2, -0.15) is 0 Å². The first kappa shape index (κ1) is 39.3. The van der Waals surface area contributed by atoms with E-state index in [-0.39, 0.29) is 11.8 Å². The lowest BCUT2D eigenvalue weighted by atomic mass is 9.85. The molecule has 0 N–H and O–H groups in total. The molecule has 2 atom stereocenters. The summed E-state index contributed by atoms with van der Waals surface area (Å²) >= 11 is 0. The topological polar surface area (TPSA) is 60.5 Å². The van der Waals surface area contributed by atoms with E-state index < -0.39 is 0 Å². The van der Waals surface area contributed by atoms with Crippen molar-refractivity contribution < 1.29 is 4.74 Å². The molecule has 12 aromatic rings. The van der Waals surface area contributed by atoms with Gasteiger partial charge in [-0.3, -0.25) is 18.9 Å². The average Bonchev–Trinajstić information content (AvgIpc) is 3.94. The molecule has 8 aromatic carbocycles. The van der Waals surface area contributed by atoms with Gasteiger partial charge in [0.05, 0.1) is 39.1 Å². The molecule has 7 heteroatoms. The predicted octanol–water partition coefficient (Wildman–Crippen LogP) is 14.8. The Bertz CT molecular complexity index is 3690. The van der Waals surface area contributed by atoms with Crippen molar-refractivity contribution in [1.29, 1.82) is 0 Å². The fraction of sp³-hybridized carbons (Fsp3) is 0.0328. The highest BCUT2D eigenvalue weighted by molar-refractivity contribution is 5.94. The van der Waals surface area contributed by atoms with E-state index in [1.165, 1.54) is 27.8 Å². The quantitative estimate of drug-likeness (QED) is 0.145. The van der Waals surface area contributed by atoms with E-state index in [1.54, 1.807) is 0 Å². The summed E-state index contributed by atoms with van der Waals surface area (Å²) < 4.78 is 10.9. The Labute approximate surface area is 393 Å². The number of aromatic nitrogens is 5. The Morgan fingerprint density at radius 3 is 1.59 bits per heavy atom.